The molecule has 110 valence electrons. The SMILES string of the molecule is COc1ccsc1C(=O)Nc1ccc(/C(N)=N/O)cc1F. The number of methoxy groups -OCH3 is 1. The predicted octanol–water partition coefficient (Wildman–Crippen LogP) is 2.24. The molecule has 2 aromatic rings. The number of carbonyl (C=O) groups is 1. The molecule has 0 aliphatic heterocycles. The Hall–Kier alpha value is -2.61. The van der Waals surface area contributed by atoms with E-state index in [1.807, 2.05) is 0 Å². The second-order valence-corrected chi connectivity index (χ2v) is 4.87. The maximum absolute atomic E-state index is 13.9. The highest BCUT2D eigenvalue weighted by atomic mass is 32.1. The summed E-state index contributed by atoms with van der Waals surface area (Å²) in [6.45, 7) is 0. The minimum Gasteiger partial charge on any atom is -0.495 e. The number of amidine groups is 1. The van der Waals surface area contributed by atoms with Gasteiger partial charge in [-0.1, -0.05) is 5.16 Å². The highest BCUT2D eigenvalue weighted by molar-refractivity contribution is 7.12. The van der Waals surface area contributed by atoms with E-state index in [1.165, 1.54) is 30.6 Å². The van der Waals surface area contributed by atoms with Gasteiger partial charge in [0, 0.05) is 5.56 Å². The van der Waals surface area contributed by atoms with Crippen molar-refractivity contribution in [2.24, 2.45) is 10.9 Å². The third kappa shape index (κ3) is 3.11. The molecular formula is C13H12FN3O3S. The minimum atomic E-state index is -0.692. The summed E-state index contributed by atoms with van der Waals surface area (Å²) in [6.07, 6.45) is 0. The van der Waals surface area contributed by atoms with E-state index in [2.05, 4.69) is 10.5 Å². The molecule has 0 spiro atoms. The minimum absolute atomic E-state index is 0.00931. The van der Waals surface area contributed by atoms with Gasteiger partial charge in [0.1, 0.15) is 16.4 Å². The first kappa shape index (κ1) is 14.8. The molecule has 0 saturated heterocycles. The van der Waals surface area contributed by atoms with Crippen molar-refractivity contribution in [3.63, 3.8) is 0 Å². The van der Waals surface area contributed by atoms with Crippen molar-refractivity contribution < 1.29 is 19.1 Å². The Labute approximate surface area is 123 Å². The van der Waals surface area contributed by atoms with Crippen molar-refractivity contribution in [3.05, 3.63) is 45.9 Å². The van der Waals surface area contributed by atoms with E-state index in [0.717, 1.165) is 6.07 Å². The van der Waals surface area contributed by atoms with E-state index in [4.69, 9.17) is 15.7 Å². The first-order valence-electron chi connectivity index (χ1n) is 5.77. The molecule has 0 radical (unpaired) electrons. The molecule has 0 fully saturated rings. The fourth-order valence-corrected chi connectivity index (χ4v) is 2.39. The normalized spacial score (nSPS) is 11.2. The van der Waals surface area contributed by atoms with Gasteiger partial charge in [-0.25, -0.2) is 4.39 Å². The molecular weight excluding hydrogens is 297 g/mol. The Kier molecular flexibility index (Phi) is 4.39. The second-order valence-electron chi connectivity index (χ2n) is 3.95. The number of amides is 1. The summed E-state index contributed by atoms with van der Waals surface area (Å²) in [5.41, 5.74) is 5.56. The molecule has 1 amide bonds. The van der Waals surface area contributed by atoms with Crippen LogP contribution in [0.1, 0.15) is 15.2 Å². The van der Waals surface area contributed by atoms with Crippen LogP contribution in [0.2, 0.25) is 0 Å². The summed E-state index contributed by atoms with van der Waals surface area (Å²) < 4.78 is 18.9. The monoisotopic (exact) mass is 309 g/mol. The number of rotatable bonds is 4. The van der Waals surface area contributed by atoms with E-state index in [0.29, 0.717) is 10.6 Å². The zero-order chi connectivity index (χ0) is 15.4. The third-order valence-electron chi connectivity index (χ3n) is 2.68. The highest BCUT2D eigenvalue weighted by Gasteiger charge is 2.16. The molecule has 2 rings (SSSR count). The van der Waals surface area contributed by atoms with Gasteiger partial charge in [0.05, 0.1) is 12.8 Å². The molecule has 1 heterocycles. The Morgan fingerprint density at radius 2 is 2.24 bits per heavy atom. The fourth-order valence-electron chi connectivity index (χ4n) is 1.64. The van der Waals surface area contributed by atoms with Gasteiger partial charge in [0.25, 0.3) is 5.91 Å². The molecule has 0 aliphatic rings. The summed E-state index contributed by atoms with van der Waals surface area (Å²) in [4.78, 5) is 12.4. The number of hydrogen-bond acceptors (Lipinski definition) is 5. The van der Waals surface area contributed by atoms with Gasteiger partial charge in [-0.15, -0.1) is 11.3 Å². The second kappa shape index (κ2) is 6.23. The van der Waals surface area contributed by atoms with Crippen molar-refractivity contribution in [3.8, 4) is 5.75 Å². The molecule has 0 saturated carbocycles. The summed E-state index contributed by atoms with van der Waals surface area (Å²) in [6, 6.07) is 5.48. The number of halogens is 1. The summed E-state index contributed by atoms with van der Waals surface area (Å²) in [5.74, 6) is -0.960. The van der Waals surface area contributed by atoms with Crippen molar-refractivity contribution in [1.29, 1.82) is 0 Å². The lowest BCUT2D eigenvalue weighted by atomic mass is 10.2. The van der Waals surface area contributed by atoms with Crippen LogP contribution in [0.4, 0.5) is 10.1 Å². The van der Waals surface area contributed by atoms with Gasteiger partial charge in [-0.3, -0.25) is 4.79 Å². The summed E-state index contributed by atoms with van der Waals surface area (Å²) in [7, 11) is 1.45. The van der Waals surface area contributed by atoms with Crippen molar-refractivity contribution in [2.45, 2.75) is 0 Å². The lowest BCUT2D eigenvalue weighted by Crippen LogP contribution is -2.15. The van der Waals surface area contributed by atoms with Crippen LogP contribution in [0.3, 0.4) is 0 Å². The Morgan fingerprint density at radius 3 is 2.86 bits per heavy atom. The number of nitrogens with two attached hydrogens (primary N) is 1. The number of benzene rings is 1. The topological polar surface area (TPSA) is 96.9 Å². The van der Waals surface area contributed by atoms with Crippen molar-refractivity contribution in [2.75, 3.05) is 12.4 Å². The number of thiophene rings is 1. The Morgan fingerprint density at radius 1 is 1.48 bits per heavy atom. The van der Waals surface area contributed by atoms with Crippen LogP contribution in [0.25, 0.3) is 0 Å². The van der Waals surface area contributed by atoms with E-state index in [1.54, 1.807) is 11.4 Å². The summed E-state index contributed by atoms with van der Waals surface area (Å²) in [5, 5.41) is 15.5. The average Bonchev–Trinajstić information content (AvgIpc) is 2.97. The lowest BCUT2D eigenvalue weighted by Gasteiger charge is -2.08. The molecule has 1 aromatic heterocycles. The number of nitrogens with zero attached hydrogens (tertiary/aromatic N) is 1. The Bertz CT molecular complexity index is 700. The number of oxime groups is 1. The van der Waals surface area contributed by atoms with Crippen LogP contribution >= 0.6 is 11.3 Å². The Balaban J connectivity index is 2.22. The molecule has 4 N–H and O–H groups in total. The molecule has 6 nitrogen and oxygen atoms in total. The van der Waals surface area contributed by atoms with Crippen molar-refractivity contribution in [1.82, 2.24) is 0 Å². The molecule has 8 heteroatoms. The molecule has 1 aromatic carbocycles. The highest BCUT2D eigenvalue weighted by Crippen LogP contribution is 2.26. The number of anilines is 1. The van der Waals surface area contributed by atoms with E-state index >= 15 is 0 Å². The van der Waals surface area contributed by atoms with Crippen LogP contribution in [0.15, 0.2) is 34.8 Å². The van der Waals surface area contributed by atoms with Gasteiger partial charge in [0.2, 0.25) is 0 Å². The van der Waals surface area contributed by atoms with Crippen LogP contribution in [0, 0.1) is 5.82 Å². The zero-order valence-electron chi connectivity index (χ0n) is 11.0. The zero-order valence-corrected chi connectivity index (χ0v) is 11.8. The van der Waals surface area contributed by atoms with Gasteiger partial charge in [-0.05, 0) is 29.6 Å². The number of nitrogens with one attached hydrogen (secondary N) is 1. The fraction of sp³-hybridized carbons (Fsp3) is 0.0769. The summed E-state index contributed by atoms with van der Waals surface area (Å²) >= 11 is 1.19. The predicted molar refractivity (Wildman–Crippen MR) is 77.7 cm³/mol. The van der Waals surface area contributed by atoms with Gasteiger partial charge in [0.15, 0.2) is 5.84 Å². The van der Waals surface area contributed by atoms with Crippen molar-refractivity contribution >= 4 is 28.8 Å². The molecule has 0 aliphatic carbocycles. The first-order chi connectivity index (χ1) is 10.1. The van der Waals surface area contributed by atoms with E-state index < -0.39 is 11.7 Å². The average molecular weight is 309 g/mol. The maximum atomic E-state index is 13.9. The van der Waals surface area contributed by atoms with Gasteiger partial charge < -0.3 is 21.0 Å². The van der Waals surface area contributed by atoms with Crippen LogP contribution in [-0.4, -0.2) is 24.1 Å². The molecule has 0 bridgehead atoms. The van der Waals surface area contributed by atoms with E-state index in [-0.39, 0.29) is 17.1 Å². The quantitative estimate of drug-likeness (QED) is 0.349. The van der Waals surface area contributed by atoms with E-state index in [9.17, 15) is 9.18 Å². The van der Waals surface area contributed by atoms with Crippen LogP contribution < -0.4 is 15.8 Å². The van der Waals surface area contributed by atoms with Crippen LogP contribution in [0.5, 0.6) is 5.75 Å². The maximum Gasteiger partial charge on any atom is 0.269 e. The lowest BCUT2D eigenvalue weighted by molar-refractivity contribution is 0.102. The third-order valence-corrected chi connectivity index (χ3v) is 3.57. The van der Waals surface area contributed by atoms with Gasteiger partial charge in [-0.2, -0.15) is 0 Å². The molecule has 21 heavy (non-hydrogen) atoms. The largest absolute Gasteiger partial charge is 0.495 e. The number of carbonyl (C=O) groups excluding carboxylic acids is 1. The smallest absolute Gasteiger partial charge is 0.269 e. The molecule has 0 atom stereocenters. The standard InChI is InChI=1S/C13H12FN3O3S/c1-20-10-4-5-21-11(10)13(18)16-9-3-2-7(6-8(9)14)12(15)17-19/h2-6,19H,1H3,(H2,15,17)(H,16,18). The first-order valence-corrected chi connectivity index (χ1v) is 6.65. The van der Waals surface area contributed by atoms with Crippen LogP contribution in [-0.2, 0) is 0 Å². The van der Waals surface area contributed by atoms with Gasteiger partial charge >= 0.3 is 0 Å². The molecule has 0 unspecified atom stereocenters. The number of hydrogen-bond donors (Lipinski definition) is 3. The number of ether oxygens (including phenoxy) is 1.